The van der Waals surface area contributed by atoms with E-state index in [0.717, 1.165) is 25.7 Å². The van der Waals surface area contributed by atoms with Gasteiger partial charge in [-0.3, -0.25) is 4.79 Å². The minimum absolute atomic E-state index is 0.0947. The Morgan fingerprint density at radius 2 is 1.82 bits per heavy atom. The highest BCUT2D eigenvalue weighted by Gasteiger charge is 2.63. The SMILES string of the molecule is C[C@@]12CCC[C@H]1[C@@H]1C[C@H](O)[C@H]3C[C@@H](O)CC[C@]3(C)[C@H]1C(=O)C2. The van der Waals surface area contributed by atoms with Gasteiger partial charge in [0.25, 0.3) is 0 Å². The molecule has 0 spiro atoms. The predicted molar refractivity (Wildman–Crippen MR) is 84.1 cm³/mol. The van der Waals surface area contributed by atoms with Crippen LogP contribution in [-0.2, 0) is 4.79 Å². The van der Waals surface area contributed by atoms with Crippen molar-refractivity contribution in [2.45, 2.75) is 77.4 Å². The van der Waals surface area contributed by atoms with Crippen LogP contribution in [0.25, 0.3) is 0 Å². The van der Waals surface area contributed by atoms with Crippen molar-refractivity contribution in [3.63, 3.8) is 0 Å². The molecule has 4 rings (SSSR count). The quantitative estimate of drug-likeness (QED) is 0.723. The molecular formula is C19H30O3. The Hall–Kier alpha value is -0.410. The molecule has 124 valence electrons. The topological polar surface area (TPSA) is 57.5 Å². The lowest BCUT2D eigenvalue weighted by Gasteiger charge is -2.60. The fourth-order valence-corrected chi connectivity index (χ4v) is 7.12. The zero-order chi connectivity index (χ0) is 15.7. The zero-order valence-corrected chi connectivity index (χ0v) is 13.9. The molecule has 4 saturated carbocycles. The van der Waals surface area contributed by atoms with Crippen molar-refractivity contribution in [2.75, 3.05) is 0 Å². The lowest BCUT2D eigenvalue weighted by atomic mass is 9.44. The number of ketones is 1. The molecule has 0 amide bonds. The van der Waals surface area contributed by atoms with Crippen molar-refractivity contribution in [3.8, 4) is 0 Å². The van der Waals surface area contributed by atoms with Crippen LogP contribution in [0.3, 0.4) is 0 Å². The van der Waals surface area contributed by atoms with Crippen molar-refractivity contribution in [1.29, 1.82) is 0 Å². The second kappa shape index (κ2) is 4.80. The highest BCUT2D eigenvalue weighted by molar-refractivity contribution is 5.84. The van der Waals surface area contributed by atoms with Crippen LogP contribution in [0.2, 0.25) is 0 Å². The van der Waals surface area contributed by atoms with E-state index in [1.165, 1.54) is 19.3 Å². The number of hydrogen-bond acceptors (Lipinski definition) is 3. The molecule has 0 aromatic carbocycles. The van der Waals surface area contributed by atoms with Crippen molar-refractivity contribution in [2.24, 2.45) is 34.5 Å². The second-order valence-electron chi connectivity index (χ2n) is 9.28. The molecule has 0 saturated heterocycles. The third-order valence-electron chi connectivity index (χ3n) is 8.11. The number of aliphatic hydroxyl groups is 2. The summed E-state index contributed by atoms with van der Waals surface area (Å²) in [5, 5.41) is 20.8. The van der Waals surface area contributed by atoms with Gasteiger partial charge in [0.1, 0.15) is 5.78 Å². The van der Waals surface area contributed by atoms with Gasteiger partial charge in [-0.25, -0.2) is 0 Å². The van der Waals surface area contributed by atoms with Crippen molar-refractivity contribution >= 4 is 5.78 Å². The Kier molecular flexibility index (Phi) is 3.30. The molecule has 0 radical (unpaired) electrons. The summed E-state index contributed by atoms with van der Waals surface area (Å²) in [5.74, 6) is 1.69. The summed E-state index contributed by atoms with van der Waals surface area (Å²) in [5.41, 5.74) is 0.0952. The van der Waals surface area contributed by atoms with E-state index in [9.17, 15) is 15.0 Å². The average molecular weight is 306 g/mol. The second-order valence-corrected chi connectivity index (χ2v) is 9.28. The van der Waals surface area contributed by atoms with E-state index in [1.807, 2.05) is 0 Å². The smallest absolute Gasteiger partial charge is 0.137 e. The fourth-order valence-electron chi connectivity index (χ4n) is 7.12. The molecule has 2 N–H and O–H groups in total. The van der Waals surface area contributed by atoms with Crippen molar-refractivity contribution in [1.82, 2.24) is 0 Å². The highest BCUT2D eigenvalue weighted by atomic mass is 16.3. The minimum atomic E-state index is -0.336. The van der Waals surface area contributed by atoms with Crippen molar-refractivity contribution in [3.05, 3.63) is 0 Å². The first kappa shape index (κ1) is 15.1. The molecule has 8 atom stereocenters. The van der Waals surface area contributed by atoms with Gasteiger partial charge in [-0.05, 0) is 67.1 Å². The Labute approximate surface area is 133 Å². The van der Waals surface area contributed by atoms with Crippen LogP contribution in [0.1, 0.15) is 65.2 Å². The lowest BCUT2D eigenvalue weighted by Crippen LogP contribution is -2.60. The van der Waals surface area contributed by atoms with E-state index in [2.05, 4.69) is 13.8 Å². The number of hydrogen-bond donors (Lipinski definition) is 2. The van der Waals surface area contributed by atoms with Gasteiger partial charge >= 0.3 is 0 Å². The van der Waals surface area contributed by atoms with Crippen LogP contribution in [0.5, 0.6) is 0 Å². The Morgan fingerprint density at radius 3 is 2.59 bits per heavy atom. The molecule has 0 bridgehead atoms. The molecule has 3 heteroatoms. The van der Waals surface area contributed by atoms with Crippen molar-refractivity contribution < 1.29 is 15.0 Å². The molecule has 0 unspecified atom stereocenters. The number of carbonyl (C=O) groups excluding carboxylic acids is 1. The van der Waals surface area contributed by atoms with Gasteiger partial charge in [0.05, 0.1) is 12.2 Å². The van der Waals surface area contributed by atoms with Crippen LogP contribution in [0.15, 0.2) is 0 Å². The summed E-state index contributed by atoms with van der Waals surface area (Å²) >= 11 is 0. The first-order valence-corrected chi connectivity index (χ1v) is 9.24. The zero-order valence-electron chi connectivity index (χ0n) is 13.9. The van der Waals surface area contributed by atoms with E-state index in [1.54, 1.807) is 0 Å². The molecular weight excluding hydrogens is 276 g/mol. The molecule has 0 aromatic heterocycles. The van der Waals surface area contributed by atoms with Gasteiger partial charge in [0, 0.05) is 12.3 Å². The molecule has 4 fully saturated rings. The van der Waals surface area contributed by atoms with Crippen LogP contribution < -0.4 is 0 Å². The minimum Gasteiger partial charge on any atom is -0.393 e. The maximum atomic E-state index is 13.1. The molecule has 22 heavy (non-hydrogen) atoms. The summed E-state index contributed by atoms with van der Waals surface area (Å²) in [7, 11) is 0. The van der Waals surface area contributed by atoms with Crippen LogP contribution >= 0.6 is 0 Å². The predicted octanol–water partition coefficient (Wildman–Crippen LogP) is 2.93. The summed E-state index contributed by atoms with van der Waals surface area (Å²) in [4.78, 5) is 13.1. The van der Waals surface area contributed by atoms with E-state index in [-0.39, 0.29) is 34.9 Å². The number of aliphatic hydroxyl groups excluding tert-OH is 2. The normalized spacial score (nSPS) is 57.9. The average Bonchev–Trinajstić information content (AvgIpc) is 2.82. The molecule has 4 aliphatic carbocycles. The van der Waals surface area contributed by atoms with Gasteiger partial charge in [0.15, 0.2) is 0 Å². The maximum Gasteiger partial charge on any atom is 0.137 e. The van der Waals surface area contributed by atoms with Gasteiger partial charge < -0.3 is 10.2 Å². The van der Waals surface area contributed by atoms with E-state index in [4.69, 9.17) is 0 Å². The first-order chi connectivity index (χ1) is 10.3. The summed E-state index contributed by atoms with van der Waals surface area (Å²) in [6, 6.07) is 0. The van der Waals surface area contributed by atoms with Gasteiger partial charge in [-0.2, -0.15) is 0 Å². The van der Waals surface area contributed by atoms with Gasteiger partial charge in [-0.1, -0.05) is 20.3 Å². The van der Waals surface area contributed by atoms with Gasteiger partial charge in [-0.15, -0.1) is 0 Å². The molecule has 0 aromatic rings. The number of Topliss-reactive ketones (excluding diaryl/α,β-unsaturated/α-hetero) is 1. The van der Waals surface area contributed by atoms with Crippen LogP contribution in [-0.4, -0.2) is 28.2 Å². The molecule has 0 aliphatic heterocycles. The standard InChI is InChI=1S/C19H30O3/c1-18-6-3-4-13(18)12-9-15(21)14-8-11(20)5-7-19(14,2)17(12)16(22)10-18/h11-15,17,20-21H,3-10H2,1-2H3/t11-,12-,13-,14+,15-,17+,18-,19-/m0/s1. The Bertz CT molecular complexity index is 489. The third kappa shape index (κ3) is 1.91. The van der Waals surface area contributed by atoms with Gasteiger partial charge in [0.2, 0.25) is 0 Å². The monoisotopic (exact) mass is 306 g/mol. The third-order valence-corrected chi connectivity index (χ3v) is 8.11. The van der Waals surface area contributed by atoms with E-state index in [0.29, 0.717) is 24.0 Å². The molecule has 0 heterocycles. The number of fused-ring (bicyclic) bond motifs is 5. The van der Waals surface area contributed by atoms with Crippen LogP contribution in [0.4, 0.5) is 0 Å². The number of rotatable bonds is 0. The number of carbonyl (C=O) groups is 1. The Balaban J connectivity index is 1.73. The summed E-state index contributed by atoms with van der Waals surface area (Å²) in [6.45, 7) is 4.54. The fraction of sp³-hybridized carbons (Fsp3) is 0.947. The lowest BCUT2D eigenvalue weighted by molar-refractivity contribution is -0.177. The Morgan fingerprint density at radius 1 is 1.05 bits per heavy atom. The summed E-state index contributed by atoms with van der Waals surface area (Å²) < 4.78 is 0. The first-order valence-electron chi connectivity index (χ1n) is 9.24. The molecule has 4 aliphatic rings. The largest absolute Gasteiger partial charge is 0.393 e. The van der Waals surface area contributed by atoms with Crippen LogP contribution in [0, 0.1) is 34.5 Å². The molecule has 3 nitrogen and oxygen atoms in total. The highest BCUT2D eigenvalue weighted by Crippen LogP contribution is 2.65. The van der Waals surface area contributed by atoms with E-state index < -0.39 is 0 Å². The van der Waals surface area contributed by atoms with E-state index >= 15 is 0 Å². The maximum absolute atomic E-state index is 13.1. The summed E-state index contributed by atoms with van der Waals surface area (Å²) in [6.07, 6.45) is 6.93.